The van der Waals surface area contributed by atoms with Crippen LogP contribution < -0.4 is 5.32 Å². The van der Waals surface area contributed by atoms with Crippen molar-refractivity contribution >= 4 is 17.2 Å². The topological polar surface area (TPSA) is 45.2 Å². The van der Waals surface area contributed by atoms with Crippen LogP contribution in [0.1, 0.15) is 51.0 Å². The molecule has 1 N–H and O–H groups in total. The Bertz CT molecular complexity index is 689. The molecule has 0 bridgehead atoms. The van der Waals surface area contributed by atoms with Gasteiger partial charge in [0, 0.05) is 36.9 Å². The normalized spacial score (nSPS) is 21.2. The smallest absolute Gasteiger partial charge is 0.264 e. The van der Waals surface area contributed by atoms with E-state index in [9.17, 15) is 4.79 Å². The maximum atomic E-state index is 13.2. The fourth-order valence-corrected chi connectivity index (χ4v) is 4.94. The molecule has 3 heterocycles. The number of piperazine rings is 1. The van der Waals surface area contributed by atoms with Crippen molar-refractivity contribution in [3.63, 3.8) is 0 Å². The maximum absolute atomic E-state index is 13.2. The lowest BCUT2D eigenvalue weighted by molar-refractivity contribution is 0.0639. The van der Waals surface area contributed by atoms with Crippen LogP contribution in [-0.4, -0.2) is 35.4 Å². The summed E-state index contributed by atoms with van der Waals surface area (Å²) in [6, 6.07) is 6.24. The minimum Gasteiger partial charge on any atom is -0.328 e. The van der Waals surface area contributed by atoms with E-state index in [-0.39, 0.29) is 11.9 Å². The third-order valence-electron chi connectivity index (χ3n) is 5.03. The first-order valence-electron chi connectivity index (χ1n) is 8.86. The number of amides is 1. The Balaban J connectivity index is 1.60. The van der Waals surface area contributed by atoms with E-state index in [2.05, 4.69) is 22.4 Å². The first-order valence-corrected chi connectivity index (χ1v) is 9.68. The van der Waals surface area contributed by atoms with Crippen LogP contribution in [0.2, 0.25) is 0 Å². The number of thiophene rings is 1. The van der Waals surface area contributed by atoms with Gasteiger partial charge in [-0.05, 0) is 48.9 Å². The van der Waals surface area contributed by atoms with Gasteiger partial charge in [0.15, 0.2) is 0 Å². The number of hydrogen-bond acceptors (Lipinski definition) is 4. The standard InChI is InChI=1S/C19H23N3OS/c23-19(18-11-14-5-2-1-3-7-17(14)24-18)22-10-9-21-13-16(22)15-6-4-8-20-12-15/h4,6,8,11-12,16,21H,1-3,5,7,9-10,13H2. The second-order valence-corrected chi connectivity index (χ2v) is 7.76. The summed E-state index contributed by atoms with van der Waals surface area (Å²) in [5, 5.41) is 3.41. The van der Waals surface area contributed by atoms with Gasteiger partial charge in [0.2, 0.25) is 0 Å². The molecule has 0 saturated carbocycles. The average molecular weight is 341 g/mol. The van der Waals surface area contributed by atoms with Gasteiger partial charge in [0.05, 0.1) is 10.9 Å². The highest BCUT2D eigenvalue weighted by molar-refractivity contribution is 7.14. The number of aryl methyl sites for hydroxylation is 2. The molecule has 4 rings (SSSR count). The van der Waals surface area contributed by atoms with Gasteiger partial charge in [-0.25, -0.2) is 0 Å². The molecule has 1 unspecified atom stereocenters. The molecule has 0 radical (unpaired) electrons. The Labute approximate surface area is 146 Å². The molecule has 5 heteroatoms. The summed E-state index contributed by atoms with van der Waals surface area (Å²) in [5.74, 6) is 0.184. The van der Waals surface area contributed by atoms with Crippen molar-refractivity contribution in [3.8, 4) is 0 Å². The van der Waals surface area contributed by atoms with Gasteiger partial charge in [-0.15, -0.1) is 11.3 Å². The van der Waals surface area contributed by atoms with Crippen LogP contribution in [0.5, 0.6) is 0 Å². The van der Waals surface area contributed by atoms with Crippen molar-refractivity contribution in [2.45, 2.75) is 38.1 Å². The number of pyridine rings is 1. The predicted molar refractivity (Wildman–Crippen MR) is 96.5 cm³/mol. The number of nitrogens with zero attached hydrogens (tertiary/aromatic N) is 2. The Morgan fingerprint density at radius 1 is 1.29 bits per heavy atom. The lowest BCUT2D eigenvalue weighted by Gasteiger charge is -2.36. The summed E-state index contributed by atoms with van der Waals surface area (Å²) in [7, 11) is 0. The van der Waals surface area contributed by atoms with E-state index in [4.69, 9.17) is 0 Å². The van der Waals surface area contributed by atoms with E-state index < -0.39 is 0 Å². The molecule has 2 aliphatic rings. The molecule has 1 saturated heterocycles. The van der Waals surface area contributed by atoms with E-state index in [1.807, 2.05) is 17.2 Å². The molecular formula is C19H23N3OS. The lowest BCUT2D eigenvalue weighted by Crippen LogP contribution is -2.48. The minimum absolute atomic E-state index is 0.0712. The summed E-state index contributed by atoms with van der Waals surface area (Å²) >= 11 is 1.72. The second kappa shape index (κ2) is 7.03. The summed E-state index contributed by atoms with van der Waals surface area (Å²) in [6.45, 7) is 2.40. The van der Waals surface area contributed by atoms with Gasteiger partial charge in [-0.1, -0.05) is 12.5 Å². The quantitative estimate of drug-likeness (QED) is 0.853. The molecule has 1 aliphatic carbocycles. The fraction of sp³-hybridized carbons (Fsp3) is 0.474. The molecule has 1 fully saturated rings. The number of carbonyl (C=O) groups excluding carboxylic acids is 1. The Morgan fingerprint density at radius 2 is 2.21 bits per heavy atom. The first kappa shape index (κ1) is 15.8. The first-order chi connectivity index (χ1) is 11.8. The molecule has 0 spiro atoms. The molecule has 1 amide bonds. The van der Waals surface area contributed by atoms with Crippen LogP contribution in [0.3, 0.4) is 0 Å². The lowest BCUT2D eigenvalue weighted by atomic mass is 10.0. The monoisotopic (exact) mass is 341 g/mol. The zero-order valence-electron chi connectivity index (χ0n) is 13.8. The van der Waals surface area contributed by atoms with Crippen molar-refractivity contribution in [1.82, 2.24) is 15.2 Å². The highest BCUT2D eigenvalue weighted by Gasteiger charge is 2.30. The number of aromatic nitrogens is 1. The van der Waals surface area contributed by atoms with Crippen LogP contribution in [0.15, 0.2) is 30.6 Å². The molecule has 0 aromatic carbocycles. The Morgan fingerprint density at radius 3 is 3.08 bits per heavy atom. The predicted octanol–water partition coefficient (Wildman–Crippen LogP) is 3.20. The number of fused-ring (bicyclic) bond motifs is 1. The minimum atomic E-state index is 0.0712. The van der Waals surface area contributed by atoms with Gasteiger partial charge < -0.3 is 10.2 Å². The Hall–Kier alpha value is -1.72. The van der Waals surface area contributed by atoms with E-state index in [1.54, 1.807) is 17.5 Å². The fourth-order valence-electron chi connectivity index (χ4n) is 3.73. The molecular weight excluding hydrogens is 318 g/mol. The van der Waals surface area contributed by atoms with E-state index in [1.165, 1.54) is 29.7 Å². The van der Waals surface area contributed by atoms with Gasteiger partial charge in [0.1, 0.15) is 0 Å². The van der Waals surface area contributed by atoms with Crippen LogP contribution >= 0.6 is 11.3 Å². The van der Waals surface area contributed by atoms with Gasteiger partial charge in [-0.3, -0.25) is 9.78 Å². The van der Waals surface area contributed by atoms with Crippen molar-refractivity contribution in [1.29, 1.82) is 0 Å². The maximum Gasteiger partial charge on any atom is 0.264 e. The summed E-state index contributed by atoms with van der Waals surface area (Å²) in [4.78, 5) is 21.8. The van der Waals surface area contributed by atoms with Gasteiger partial charge >= 0.3 is 0 Å². The van der Waals surface area contributed by atoms with Crippen LogP contribution in [-0.2, 0) is 12.8 Å². The third-order valence-corrected chi connectivity index (χ3v) is 6.26. The summed E-state index contributed by atoms with van der Waals surface area (Å²) in [6.07, 6.45) is 9.75. The second-order valence-electron chi connectivity index (χ2n) is 6.62. The zero-order chi connectivity index (χ0) is 16.4. The van der Waals surface area contributed by atoms with Crippen LogP contribution in [0, 0.1) is 0 Å². The summed E-state index contributed by atoms with van der Waals surface area (Å²) in [5.41, 5.74) is 2.52. The van der Waals surface area contributed by atoms with Gasteiger partial charge in [-0.2, -0.15) is 0 Å². The largest absolute Gasteiger partial charge is 0.328 e. The zero-order valence-corrected chi connectivity index (χ0v) is 14.6. The molecule has 1 atom stereocenters. The van der Waals surface area contributed by atoms with E-state index in [0.717, 1.165) is 42.9 Å². The van der Waals surface area contributed by atoms with E-state index >= 15 is 0 Å². The molecule has 2 aromatic heterocycles. The summed E-state index contributed by atoms with van der Waals surface area (Å²) < 4.78 is 0. The molecule has 2 aromatic rings. The third kappa shape index (κ3) is 3.10. The van der Waals surface area contributed by atoms with Crippen molar-refractivity contribution in [2.24, 2.45) is 0 Å². The molecule has 4 nitrogen and oxygen atoms in total. The van der Waals surface area contributed by atoms with Crippen LogP contribution in [0.4, 0.5) is 0 Å². The molecule has 1 aliphatic heterocycles. The Kier molecular flexibility index (Phi) is 4.63. The highest BCUT2D eigenvalue weighted by atomic mass is 32.1. The average Bonchev–Trinajstić information content (AvgIpc) is 2.92. The number of rotatable bonds is 2. The highest BCUT2D eigenvalue weighted by Crippen LogP contribution is 2.32. The molecule has 126 valence electrons. The number of hydrogen-bond donors (Lipinski definition) is 1. The van der Waals surface area contributed by atoms with Gasteiger partial charge in [0.25, 0.3) is 5.91 Å². The number of carbonyl (C=O) groups is 1. The SMILES string of the molecule is O=C(c1cc2c(s1)CCCCC2)N1CCNCC1c1cccnc1. The van der Waals surface area contributed by atoms with Crippen molar-refractivity contribution < 1.29 is 4.79 Å². The van der Waals surface area contributed by atoms with Crippen molar-refractivity contribution in [2.75, 3.05) is 19.6 Å². The van der Waals surface area contributed by atoms with Crippen molar-refractivity contribution in [3.05, 3.63) is 51.5 Å². The number of nitrogens with one attached hydrogen (secondary N) is 1. The molecule has 24 heavy (non-hydrogen) atoms. The van der Waals surface area contributed by atoms with E-state index in [0.29, 0.717) is 0 Å². The van der Waals surface area contributed by atoms with Crippen LogP contribution in [0.25, 0.3) is 0 Å².